The fraction of sp³-hybridized carbons (Fsp3) is 0.333. The van der Waals surface area contributed by atoms with Gasteiger partial charge in [-0.1, -0.05) is 6.07 Å². The first-order valence-electron chi connectivity index (χ1n) is 7.13. The van der Waals surface area contributed by atoms with Crippen LogP contribution in [0.4, 0.5) is 0 Å². The predicted octanol–water partition coefficient (Wildman–Crippen LogP) is -0.309. The van der Waals surface area contributed by atoms with Gasteiger partial charge in [0.05, 0.1) is 0 Å². The first-order valence-corrected chi connectivity index (χ1v) is 7.13. The number of imide groups is 1. The van der Waals surface area contributed by atoms with E-state index >= 15 is 0 Å². The van der Waals surface area contributed by atoms with Gasteiger partial charge in [0.15, 0.2) is 0 Å². The van der Waals surface area contributed by atoms with Crippen LogP contribution in [-0.4, -0.2) is 34.6 Å². The minimum absolute atomic E-state index is 0.176. The van der Waals surface area contributed by atoms with E-state index in [1.165, 1.54) is 4.90 Å². The number of piperidine rings is 1. The molecule has 1 unspecified atom stereocenters. The number of benzene rings is 1. The molecule has 0 bridgehead atoms. The third kappa shape index (κ3) is 1.75. The second-order valence-corrected chi connectivity index (χ2v) is 5.75. The molecule has 1 aromatic carbocycles. The molecular weight excluding hydrogens is 286 g/mol. The Balaban J connectivity index is 1.67. The molecule has 0 radical (unpaired) electrons. The lowest BCUT2D eigenvalue weighted by molar-refractivity contribution is -0.136. The molecule has 0 aromatic heterocycles. The van der Waals surface area contributed by atoms with E-state index in [2.05, 4.69) is 10.6 Å². The summed E-state index contributed by atoms with van der Waals surface area (Å²) in [5.41, 5.74) is 2.70. The van der Waals surface area contributed by atoms with E-state index in [4.69, 9.17) is 0 Å². The molecule has 3 aliphatic heterocycles. The number of hydrogen-bond acceptors (Lipinski definition) is 4. The van der Waals surface area contributed by atoms with Gasteiger partial charge in [-0.25, -0.2) is 0 Å². The Hall–Kier alpha value is -2.70. The number of hydrogen-bond donors (Lipinski definition) is 2. The Labute approximate surface area is 125 Å². The average Bonchev–Trinajstić information content (AvgIpc) is 2.99. The van der Waals surface area contributed by atoms with Gasteiger partial charge in [-0.15, -0.1) is 0 Å². The van der Waals surface area contributed by atoms with Gasteiger partial charge in [-0.2, -0.15) is 0 Å². The molecule has 112 valence electrons. The summed E-state index contributed by atoms with van der Waals surface area (Å²) >= 11 is 0. The van der Waals surface area contributed by atoms with Gasteiger partial charge in [0.2, 0.25) is 11.8 Å². The standard InChI is InChI=1S/C15H13N3O4/c19-12-2-1-11(14(21)17-12)18-6-8-3-7-5-16-13(20)9(7)4-10(8)15(18)22/h3-4,11H,1-2,5-6H2,(H,16,20)(H,17,19,21). The van der Waals surface area contributed by atoms with Gasteiger partial charge in [0.1, 0.15) is 6.04 Å². The van der Waals surface area contributed by atoms with Crippen LogP contribution in [0.5, 0.6) is 0 Å². The molecule has 3 heterocycles. The van der Waals surface area contributed by atoms with Crippen LogP contribution in [-0.2, 0) is 22.7 Å². The van der Waals surface area contributed by atoms with Gasteiger partial charge >= 0.3 is 0 Å². The molecular formula is C15H13N3O4. The Bertz CT molecular complexity index is 755. The predicted molar refractivity (Wildman–Crippen MR) is 73.7 cm³/mol. The number of fused-ring (bicyclic) bond motifs is 2. The quantitative estimate of drug-likeness (QED) is 0.695. The Morgan fingerprint density at radius 3 is 2.64 bits per heavy atom. The summed E-state index contributed by atoms with van der Waals surface area (Å²) in [7, 11) is 0. The molecule has 1 atom stereocenters. The maximum absolute atomic E-state index is 12.6. The van der Waals surface area contributed by atoms with E-state index in [1.54, 1.807) is 6.07 Å². The highest BCUT2D eigenvalue weighted by Gasteiger charge is 2.40. The second-order valence-electron chi connectivity index (χ2n) is 5.75. The van der Waals surface area contributed by atoms with Crippen molar-refractivity contribution in [3.63, 3.8) is 0 Å². The first kappa shape index (κ1) is 13.0. The summed E-state index contributed by atoms with van der Waals surface area (Å²) in [6.45, 7) is 0.802. The highest BCUT2D eigenvalue weighted by atomic mass is 16.2. The first-order chi connectivity index (χ1) is 10.5. The Kier molecular flexibility index (Phi) is 2.60. The summed E-state index contributed by atoms with van der Waals surface area (Å²) in [6, 6.07) is 2.84. The van der Waals surface area contributed by atoms with E-state index in [1.807, 2.05) is 6.07 Å². The van der Waals surface area contributed by atoms with Crippen LogP contribution in [0.15, 0.2) is 12.1 Å². The van der Waals surface area contributed by atoms with E-state index in [9.17, 15) is 19.2 Å². The molecule has 4 amide bonds. The Morgan fingerprint density at radius 1 is 1.05 bits per heavy atom. The molecule has 2 N–H and O–H groups in total. The highest BCUT2D eigenvalue weighted by Crippen LogP contribution is 2.31. The lowest BCUT2D eigenvalue weighted by Crippen LogP contribution is -2.52. The fourth-order valence-corrected chi connectivity index (χ4v) is 3.30. The number of nitrogens with one attached hydrogen (secondary N) is 2. The van der Waals surface area contributed by atoms with Crippen molar-refractivity contribution in [1.82, 2.24) is 15.5 Å². The number of carbonyl (C=O) groups excluding carboxylic acids is 4. The SMILES string of the molecule is O=C1CCC(N2Cc3cc4c(cc3C2=O)C(=O)NC4)C(=O)N1. The average molecular weight is 299 g/mol. The van der Waals surface area contributed by atoms with Gasteiger partial charge in [-0.05, 0) is 23.6 Å². The molecule has 1 fully saturated rings. The third-order valence-corrected chi connectivity index (χ3v) is 4.43. The largest absolute Gasteiger partial charge is 0.348 e. The summed E-state index contributed by atoms with van der Waals surface area (Å²) < 4.78 is 0. The lowest BCUT2D eigenvalue weighted by Gasteiger charge is -2.29. The molecule has 1 saturated heterocycles. The fourth-order valence-electron chi connectivity index (χ4n) is 3.30. The van der Waals surface area contributed by atoms with E-state index in [0.29, 0.717) is 30.6 Å². The van der Waals surface area contributed by atoms with Crippen LogP contribution in [0.25, 0.3) is 0 Å². The molecule has 4 rings (SSSR count). The van der Waals surface area contributed by atoms with Crippen molar-refractivity contribution < 1.29 is 19.2 Å². The van der Waals surface area contributed by atoms with Crippen molar-refractivity contribution in [2.75, 3.05) is 0 Å². The van der Waals surface area contributed by atoms with E-state index in [-0.39, 0.29) is 24.1 Å². The lowest BCUT2D eigenvalue weighted by atomic mass is 10.0. The molecule has 0 aliphatic carbocycles. The van der Waals surface area contributed by atoms with Gasteiger partial charge < -0.3 is 10.2 Å². The summed E-state index contributed by atoms with van der Waals surface area (Å²) in [5.74, 6) is -1.17. The minimum Gasteiger partial charge on any atom is -0.348 e. The van der Waals surface area contributed by atoms with Crippen LogP contribution in [0.1, 0.15) is 44.7 Å². The van der Waals surface area contributed by atoms with E-state index in [0.717, 1.165) is 11.1 Å². The second kappa shape index (κ2) is 4.40. The van der Waals surface area contributed by atoms with Crippen molar-refractivity contribution in [3.05, 3.63) is 34.4 Å². The normalized spacial score (nSPS) is 23.3. The summed E-state index contributed by atoms with van der Waals surface area (Å²) in [4.78, 5) is 48.9. The molecule has 1 aromatic rings. The summed E-state index contributed by atoms with van der Waals surface area (Å²) in [6.07, 6.45) is 0.569. The third-order valence-electron chi connectivity index (χ3n) is 4.43. The van der Waals surface area contributed by atoms with Crippen LogP contribution in [0, 0.1) is 0 Å². The van der Waals surface area contributed by atoms with Crippen LogP contribution in [0.2, 0.25) is 0 Å². The van der Waals surface area contributed by atoms with Crippen molar-refractivity contribution in [2.45, 2.75) is 32.0 Å². The van der Waals surface area contributed by atoms with Crippen LogP contribution >= 0.6 is 0 Å². The molecule has 0 saturated carbocycles. The maximum atomic E-state index is 12.6. The zero-order valence-electron chi connectivity index (χ0n) is 11.6. The number of amides is 4. The maximum Gasteiger partial charge on any atom is 0.255 e. The number of rotatable bonds is 1. The molecule has 7 nitrogen and oxygen atoms in total. The molecule has 7 heteroatoms. The minimum atomic E-state index is -0.624. The zero-order valence-corrected chi connectivity index (χ0v) is 11.6. The molecule has 3 aliphatic rings. The molecule has 22 heavy (non-hydrogen) atoms. The van der Waals surface area contributed by atoms with Crippen LogP contribution in [0.3, 0.4) is 0 Å². The topological polar surface area (TPSA) is 95.6 Å². The van der Waals surface area contributed by atoms with Crippen molar-refractivity contribution >= 4 is 23.6 Å². The van der Waals surface area contributed by atoms with Crippen LogP contribution < -0.4 is 10.6 Å². The van der Waals surface area contributed by atoms with Crippen molar-refractivity contribution in [1.29, 1.82) is 0 Å². The van der Waals surface area contributed by atoms with Gasteiger partial charge in [0, 0.05) is 30.6 Å². The summed E-state index contributed by atoms with van der Waals surface area (Å²) in [5, 5.41) is 4.99. The Morgan fingerprint density at radius 2 is 1.86 bits per heavy atom. The molecule has 0 spiro atoms. The van der Waals surface area contributed by atoms with Gasteiger partial charge in [0.25, 0.3) is 11.8 Å². The van der Waals surface area contributed by atoms with Gasteiger partial charge in [-0.3, -0.25) is 24.5 Å². The van der Waals surface area contributed by atoms with E-state index < -0.39 is 11.9 Å². The monoisotopic (exact) mass is 299 g/mol. The highest BCUT2D eigenvalue weighted by molar-refractivity contribution is 6.07. The number of carbonyl (C=O) groups is 4. The number of nitrogens with zero attached hydrogens (tertiary/aromatic N) is 1. The van der Waals surface area contributed by atoms with Crippen molar-refractivity contribution in [3.8, 4) is 0 Å². The smallest absolute Gasteiger partial charge is 0.255 e. The van der Waals surface area contributed by atoms with Crippen molar-refractivity contribution in [2.24, 2.45) is 0 Å². The zero-order chi connectivity index (χ0) is 15.4.